The van der Waals surface area contributed by atoms with Gasteiger partial charge in [0, 0.05) is 38.3 Å². The molecule has 6 heteroatoms. The molecule has 1 aliphatic carbocycles. The van der Waals surface area contributed by atoms with Crippen molar-refractivity contribution >= 4 is 11.8 Å². The van der Waals surface area contributed by atoms with E-state index in [2.05, 4.69) is 15.5 Å². The van der Waals surface area contributed by atoms with Gasteiger partial charge in [-0.3, -0.25) is 9.59 Å². The van der Waals surface area contributed by atoms with Gasteiger partial charge in [-0.2, -0.15) is 0 Å². The van der Waals surface area contributed by atoms with Crippen molar-refractivity contribution in [2.75, 3.05) is 39.3 Å². The zero-order valence-electron chi connectivity index (χ0n) is 13.8. The zero-order chi connectivity index (χ0) is 15.8. The molecule has 0 aromatic rings. The normalized spacial score (nSPS) is 38.0. The number of carbonyl (C=O) groups is 2. The second-order valence-corrected chi connectivity index (χ2v) is 7.64. The van der Waals surface area contributed by atoms with Crippen LogP contribution < -0.4 is 10.6 Å². The van der Waals surface area contributed by atoms with Gasteiger partial charge in [0.2, 0.25) is 11.8 Å². The quantitative estimate of drug-likeness (QED) is 0.739. The second kappa shape index (κ2) is 6.40. The maximum Gasteiger partial charge on any atom is 0.236 e. The maximum absolute atomic E-state index is 13.0. The van der Waals surface area contributed by atoms with Crippen LogP contribution in [0.3, 0.4) is 0 Å². The monoisotopic (exact) mass is 320 g/mol. The summed E-state index contributed by atoms with van der Waals surface area (Å²) in [6.45, 7) is 4.78. The smallest absolute Gasteiger partial charge is 0.236 e. The lowest BCUT2D eigenvalue weighted by Gasteiger charge is -2.46. The van der Waals surface area contributed by atoms with Gasteiger partial charge >= 0.3 is 0 Å². The van der Waals surface area contributed by atoms with Crippen LogP contribution in [0.2, 0.25) is 0 Å². The number of piperazine rings is 1. The van der Waals surface area contributed by atoms with Crippen LogP contribution in [0.4, 0.5) is 0 Å². The molecule has 128 valence electrons. The lowest BCUT2D eigenvalue weighted by atomic mass is 9.73. The average Bonchev–Trinajstić information content (AvgIpc) is 2.62. The van der Waals surface area contributed by atoms with Gasteiger partial charge in [0.25, 0.3) is 0 Å². The fraction of sp³-hybridized carbons (Fsp3) is 0.882. The van der Waals surface area contributed by atoms with Crippen molar-refractivity contribution in [3.63, 3.8) is 0 Å². The highest BCUT2D eigenvalue weighted by atomic mass is 16.2. The first-order valence-corrected chi connectivity index (χ1v) is 9.24. The molecule has 0 radical (unpaired) electrons. The Labute approximate surface area is 137 Å². The van der Waals surface area contributed by atoms with Gasteiger partial charge in [-0.1, -0.05) is 0 Å². The van der Waals surface area contributed by atoms with Gasteiger partial charge in [-0.25, -0.2) is 0 Å². The summed E-state index contributed by atoms with van der Waals surface area (Å²) in [6, 6.07) is 0.602. The van der Waals surface area contributed by atoms with Crippen molar-refractivity contribution in [2.45, 2.75) is 44.2 Å². The highest BCUT2D eigenvalue weighted by Gasteiger charge is 2.42. The fourth-order valence-electron chi connectivity index (χ4n) is 4.93. The summed E-state index contributed by atoms with van der Waals surface area (Å²) in [6.07, 6.45) is 5.53. The molecule has 2 amide bonds. The molecule has 4 atom stereocenters. The molecule has 4 saturated heterocycles. The van der Waals surface area contributed by atoms with E-state index >= 15 is 0 Å². The first-order valence-electron chi connectivity index (χ1n) is 9.24. The summed E-state index contributed by atoms with van der Waals surface area (Å²) in [5.41, 5.74) is 0. The molecule has 0 aromatic carbocycles. The lowest BCUT2D eigenvalue weighted by Crippen LogP contribution is -2.60. The van der Waals surface area contributed by atoms with E-state index in [-0.39, 0.29) is 17.9 Å². The maximum atomic E-state index is 13.0. The SMILES string of the molecule is O=C([C@H]1C[C@H]2CC[C@H]1NC2)N1CCC[C@@H](N2CCNCC2=O)C1. The Bertz CT molecular complexity index is 475. The van der Waals surface area contributed by atoms with Gasteiger partial charge in [-0.15, -0.1) is 0 Å². The number of hydrogen-bond donors (Lipinski definition) is 2. The van der Waals surface area contributed by atoms with Crippen LogP contribution in [-0.4, -0.2) is 73.0 Å². The molecule has 5 aliphatic rings. The Balaban J connectivity index is 1.40. The predicted octanol–water partition coefficient (Wildman–Crippen LogP) is -0.203. The molecule has 2 bridgehead atoms. The molecule has 23 heavy (non-hydrogen) atoms. The Morgan fingerprint density at radius 3 is 2.78 bits per heavy atom. The van der Waals surface area contributed by atoms with E-state index in [9.17, 15) is 9.59 Å². The first-order chi connectivity index (χ1) is 11.2. The Hall–Kier alpha value is -1.14. The van der Waals surface area contributed by atoms with Crippen LogP contribution >= 0.6 is 0 Å². The van der Waals surface area contributed by atoms with Crippen molar-refractivity contribution in [2.24, 2.45) is 11.8 Å². The number of nitrogens with zero attached hydrogens (tertiary/aromatic N) is 2. The summed E-state index contributed by atoms with van der Waals surface area (Å²) in [7, 11) is 0. The molecule has 4 aliphatic heterocycles. The van der Waals surface area contributed by atoms with Crippen molar-refractivity contribution in [3.8, 4) is 0 Å². The molecule has 4 heterocycles. The number of piperidine rings is 3. The molecule has 6 nitrogen and oxygen atoms in total. The number of fused-ring (bicyclic) bond motifs is 3. The number of likely N-dealkylation sites (tertiary alicyclic amines) is 1. The lowest BCUT2D eigenvalue weighted by molar-refractivity contribution is -0.145. The Kier molecular flexibility index (Phi) is 4.28. The molecule has 5 rings (SSSR count). The van der Waals surface area contributed by atoms with Crippen LogP contribution in [0.5, 0.6) is 0 Å². The highest BCUT2D eigenvalue weighted by Crippen LogP contribution is 2.35. The van der Waals surface area contributed by atoms with Crippen molar-refractivity contribution in [1.82, 2.24) is 20.4 Å². The predicted molar refractivity (Wildman–Crippen MR) is 86.8 cm³/mol. The number of carbonyl (C=O) groups excluding carboxylic acids is 2. The molecule has 1 saturated carbocycles. The van der Waals surface area contributed by atoms with E-state index < -0.39 is 0 Å². The van der Waals surface area contributed by atoms with Crippen LogP contribution in [-0.2, 0) is 9.59 Å². The second-order valence-electron chi connectivity index (χ2n) is 7.64. The average molecular weight is 320 g/mol. The van der Waals surface area contributed by atoms with E-state index in [1.165, 1.54) is 6.42 Å². The summed E-state index contributed by atoms with van der Waals surface area (Å²) < 4.78 is 0. The van der Waals surface area contributed by atoms with Crippen LogP contribution in [0.1, 0.15) is 32.1 Å². The van der Waals surface area contributed by atoms with Gasteiger partial charge in [0.15, 0.2) is 0 Å². The minimum Gasteiger partial charge on any atom is -0.340 e. The van der Waals surface area contributed by atoms with Crippen molar-refractivity contribution < 1.29 is 9.59 Å². The largest absolute Gasteiger partial charge is 0.340 e. The van der Waals surface area contributed by atoms with E-state index in [1.54, 1.807) is 0 Å². The number of rotatable bonds is 2. The van der Waals surface area contributed by atoms with Crippen molar-refractivity contribution in [3.05, 3.63) is 0 Å². The number of hydrogen-bond acceptors (Lipinski definition) is 4. The van der Waals surface area contributed by atoms with Crippen molar-refractivity contribution in [1.29, 1.82) is 0 Å². The standard InChI is InChI=1S/C17H28N4O2/c22-16-10-18-5-7-21(16)13-2-1-6-20(11-13)17(23)14-8-12-3-4-15(14)19-9-12/h12-15,18-19H,1-11H2/t12-,13-,14+,15-/m1/s1. The Morgan fingerprint density at radius 1 is 1.17 bits per heavy atom. The minimum atomic E-state index is 0.167. The third-order valence-corrected chi connectivity index (χ3v) is 6.22. The van der Waals surface area contributed by atoms with Gasteiger partial charge in [0.05, 0.1) is 12.5 Å². The van der Waals surface area contributed by atoms with Crippen LogP contribution in [0, 0.1) is 11.8 Å². The zero-order valence-corrected chi connectivity index (χ0v) is 13.8. The topological polar surface area (TPSA) is 64.7 Å². The third kappa shape index (κ3) is 2.98. The van der Waals surface area contributed by atoms with Crippen LogP contribution in [0.15, 0.2) is 0 Å². The van der Waals surface area contributed by atoms with Gasteiger partial charge in [-0.05, 0) is 44.6 Å². The third-order valence-electron chi connectivity index (χ3n) is 6.22. The molecule has 0 unspecified atom stereocenters. The van der Waals surface area contributed by atoms with E-state index in [4.69, 9.17) is 0 Å². The molecule has 0 spiro atoms. The van der Waals surface area contributed by atoms with E-state index in [1.807, 2.05) is 4.90 Å². The molecular formula is C17H28N4O2. The van der Waals surface area contributed by atoms with Gasteiger partial charge in [0.1, 0.15) is 0 Å². The minimum absolute atomic E-state index is 0.167. The summed E-state index contributed by atoms with van der Waals surface area (Å²) in [4.78, 5) is 29.2. The first kappa shape index (κ1) is 15.4. The van der Waals surface area contributed by atoms with Crippen LogP contribution in [0.25, 0.3) is 0 Å². The summed E-state index contributed by atoms with van der Waals surface area (Å²) >= 11 is 0. The fourth-order valence-corrected chi connectivity index (χ4v) is 4.93. The van der Waals surface area contributed by atoms with Gasteiger partial charge < -0.3 is 20.4 Å². The molecule has 2 N–H and O–H groups in total. The molecular weight excluding hydrogens is 292 g/mol. The summed E-state index contributed by atoms with van der Waals surface area (Å²) in [5.74, 6) is 1.37. The van der Waals surface area contributed by atoms with E-state index in [0.29, 0.717) is 24.4 Å². The Morgan fingerprint density at radius 2 is 2.09 bits per heavy atom. The highest BCUT2D eigenvalue weighted by molar-refractivity contribution is 5.81. The number of nitrogens with one attached hydrogen (secondary N) is 2. The van der Waals surface area contributed by atoms with E-state index in [0.717, 1.165) is 58.4 Å². The summed E-state index contributed by atoms with van der Waals surface area (Å²) in [5, 5.41) is 6.68. The molecule has 5 fully saturated rings. The molecule has 0 aromatic heterocycles. The number of amides is 2.